The fourth-order valence-corrected chi connectivity index (χ4v) is 16.9. The third-order valence-electron chi connectivity index (χ3n) is 7.31. The van der Waals surface area contributed by atoms with Crippen LogP contribution in [0.4, 0.5) is 5.95 Å². The second-order valence-electron chi connectivity index (χ2n) is 10.8. The van der Waals surface area contributed by atoms with Crippen molar-refractivity contribution in [3.63, 3.8) is 0 Å². The molecule has 4 atom stereocenters. The molecule has 0 aromatic carbocycles. The van der Waals surface area contributed by atoms with Gasteiger partial charge in [-0.05, 0) is 22.2 Å². The van der Waals surface area contributed by atoms with Crippen molar-refractivity contribution in [2.75, 3.05) is 12.3 Å². The van der Waals surface area contributed by atoms with Crippen molar-refractivity contribution >= 4 is 45.8 Å². The molecule has 2 fully saturated rings. The Morgan fingerprint density at radius 2 is 1.63 bits per heavy atom. The molecule has 1 unspecified atom stereocenters. The zero-order chi connectivity index (χ0) is 25.9. The third-order valence-corrected chi connectivity index (χ3v) is 17.8. The lowest BCUT2D eigenvalue weighted by molar-refractivity contribution is -0.0570. The molecule has 4 heterocycles. The van der Waals surface area contributed by atoms with E-state index in [4.69, 9.17) is 35.0 Å². The van der Waals surface area contributed by atoms with Gasteiger partial charge in [0.05, 0.1) is 12.9 Å². The van der Waals surface area contributed by atoms with E-state index in [1.807, 2.05) is 0 Å². The summed E-state index contributed by atoms with van der Waals surface area (Å²) in [5.74, 6) is 0.0198. The number of ether oxygens (including phenoxy) is 1. The minimum Gasteiger partial charge on any atom is -0.414 e. The summed E-state index contributed by atoms with van der Waals surface area (Å²) in [4.78, 5) is 12.6. The summed E-state index contributed by atoms with van der Waals surface area (Å²) in [6.07, 6.45) is -1.39. The first-order chi connectivity index (χ1) is 16.3. The molecule has 0 aliphatic carbocycles. The number of hydrogen-bond acceptors (Lipinski definition) is 9. The molecular weight excluding hydrogens is 506 g/mol. The quantitative estimate of drug-likeness (QED) is 0.419. The molecule has 2 aromatic heterocycles. The summed E-state index contributed by atoms with van der Waals surface area (Å²) in [5, 5.41) is 11.7. The second-order valence-corrected chi connectivity index (χ2v) is 20.0. The van der Waals surface area contributed by atoms with E-state index in [2.05, 4.69) is 70.3 Å². The summed E-state index contributed by atoms with van der Waals surface area (Å²) in [6, 6.07) is 0. The molecule has 13 heteroatoms. The van der Waals surface area contributed by atoms with Crippen LogP contribution in [0.5, 0.6) is 0 Å². The van der Waals surface area contributed by atoms with Gasteiger partial charge in [0.25, 0.3) is 0 Å². The highest BCUT2D eigenvalue weighted by molar-refractivity contribution is 6.84. The predicted octanol–water partition coefficient (Wildman–Crippen LogP) is 4.28. The maximum Gasteiger partial charge on any atom is 0.335 e. The van der Waals surface area contributed by atoms with Crippen LogP contribution in [0, 0.1) is 0 Å². The van der Waals surface area contributed by atoms with E-state index in [0.29, 0.717) is 11.2 Å². The van der Waals surface area contributed by atoms with Crippen LogP contribution in [0.2, 0.25) is 27.3 Å². The van der Waals surface area contributed by atoms with Gasteiger partial charge in [-0.1, -0.05) is 67.0 Å². The minimum absolute atomic E-state index is 0.0198. The number of nitrogens with two attached hydrogens (primary N) is 1. The number of anilines is 1. The van der Waals surface area contributed by atoms with Crippen LogP contribution in [0.1, 0.15) is 61.6 Å². The fraction of sp³-hybridized carbons (Fsp3) is 0.773. The predicted molar refractivity (Wildman–Crippen MR) is 138 cm³/mol. The van der Waals surface area contributed by atoms with Crippen molar-refractivity contribution in [2.45, 2.75) is 102 Å². The third kappa shape index (κ3) is 4.35. The Morgan fingerprint density at radius 3 is 2.20 bits per heavy atom. The molecule has 2 aliphatic heterocycles. The zero-order valence-electron chi connectivity index (χ0n) is 21.7. The monoisotopic (exact) mass is 543 g/mol. The van der Waals surface area contributed by atoms with Gasteiger partial charge in [0.2, 0.25) is 5.95 Å². The number of aliphatic hydroxyl groups excluding tert-OH is 1. The average molecular weight is 544 g/mol. The van der Waals surface area contributed by atoms with Crippen molar-refractivity contribution in [2.24, 2.45) is 0 Å². The number of rotatable bonds is 5. The number of aromatic nitrogens is 4. The van der Waals surface area contributed by atoms with Gasteiger partial charge in [0.15, 0.2) is 17.0 Å². The molecular formula is C22H38ClN5O5Si2. The topological polar surface area (TPSA) is 127 Å². The van der Waals surface area contributed by atoms with Gasteiger partial charge in [-0.25, -0.2) is 4.98 Å². The molecule has 0 bridgehead atoms. The van der Waals surface area contributed by atoms with E-state index in [1.165, 1.54) is 6.33 Å². The van der Waals surface area contributed by atoms with Gasteiger partial charge in [0.1, 0.15) is 23.8 Å². The van der Waals surface area contributed by atoms with Crippen LogP contribution in [0.15, 0.2) is 6.33 Å². The van der Waals surface area contributed by atoms with Crippen molar-refractivity contribution in [1.82, 2.24) is 19.5 Å². The number of imidazole rings is 1. The Labute approximate surface area is 214 Å². The van der Waals surface area contributed by atoms with Gasteiger partial charge >= 0.3 is 17.1 Å². The number of nitrogens with zero attached hydrogens (tertiary/aromatic N) is 4. The molecule has 196 valence electrons. The Kier molecular flexibility index (Phi) is 7.41. The maximum absolute atomic E-state index is 11.5. The van der Waals surface area contributed by atoms with Gasteiger partial charge < -0.3 is 28.5 Å². The van der Waals surface area contributed by atoms with Crippen LogP contribution >= 0.6 is 11.6 Å². The van der Waals surface area contributed by atoms with Gasteiger partial charge in [-0.15, -0.1) is 0 Å². The zero-order valence-corrected chi connectivity index (χ0v) is 24.5. The molecule has 2 aliphatic rings. The number of aliphatic hydroxyl groups is 1. The van der Waals surface area contributed by atoms with E-state index in [0.717, 1.165) is 0 Å². The number of nitrogen functional groups attached to an aromatic ring is 1. The van der Waals surface area contributed by atoms with Crippen molar-refractivity contribution in [3.05, 3.63) is 11.5 Å². The number of hydrogen-bond donors (Lipinski definition) is 2. The maximum atomic E-state index is 11.5. The van der Waals surface area contributed by atoms with Gasteiger partial charge in [-0.3, -0.25) is 4.57 Å². The molecule has 35 heavy (non-hydrogen) atoms. The van der Waals surface area contributed by atoms with Crippen LogP contribution in [-0.4, -0.2) is 66.7 Å². The Bertz CT molecular complexity index is 1050. The Morgan fingerprint density at radius 1 is 1.03 bits per heavy atom. The fourth-order valence-electron chi connectivity index (χ4n) is 5.45. The first-order valence-corrected chi connectivity index (χ1v) is 16.7. The molecule has 0 radical (unpaired) electrons. The summed E-state index contributed by atoms with van der Waals surface area (Å²) < 4.78 is 29.0. The second kappa shape index (κ2) is 9.64. The highest BCUT2D eigenvalue weighted by Crippen LogP contribution is 2.48. The average Bonchev–Trinajstić information content (AvgIpc) is 3.28. The van der Waals surface area contributed by atoms with Crippen LogP contribution in [0.3, 0.4) is 0 Å². The molecule has 3 N–H and O–H groups in total. The van der Waals surface area contributed by atoms with Crippen molar-refractivity contribution in [1.29, 1.82) is 0 Å². The molecule has 0 amide bonds. The molecule has 10 nitrogen and oxygen atoms in total. The molecule has 0 saturated carbocycles. The molecule has 2 saturated heterocycles. The Balaban J connectivity index is 1.78. The standard InChI is InChI=1S/C22H38ClN5O5Si2/c1-11(2)34(12(3)4)30-9-15-18(32-35(33-34,13(5)6)14(7)8)17(29)21(31-15)28-10-25-16-19(23)26-22(24)27-20(16)28/h10-15,17-18,21,29H,9H2,1-8H3,(H2,24,26,27)/t15-,17+,18?,21-/m1/s1. The van der Waals surface area contributed by atoms with E-state index in [9.17, 15) is 5.11 Å². The summed E-state index contributed by atoms with van der Waals surface area (Å²) in [5.41, 5.74) is 7.32. The lowest BCUT2D eigenvalue weighted by Gasteiger charge is -2.51. The number of halogens is 1. The SMILES string of the molecule is CC(C)[Si]1(C(C)C)OC[C@H]2O[C@@H](n3cnc4c(Cl)nc(N)nc43)[C@@H](O)C2O[Si](C(C)C)(C(C)C)O1. The van der Waals surface area contributed by atoms with E-state index in [1.54, 1.807) is 4.57 Å². The van der Waals surface area contributed by atoms with Gasteiger partial charge in [0, 0.05) is 0 Å². The van der Waals surface area contributed by atoms with Crippen LogP contribution < -0.4 is 5.73 Å². The highest BCUT2D eigenvalue weighted by Gasteiger charge is 2.61. The first-order valence-electron chi connectivity index (χ1n) is 12.3. The van der Waals surface area contributed by atoms with Crippen LogP contribution in [0.25, 0.3) is 11.2 Å². The summed E-state index contributed by atoms with van der Waals surface area (Å²) in [6.45, 7) is 17.5. The Hall–Kier alpha value is -1.13. The highest BCUT2D eigenvalue weighted by atomic mass is 35.5. The smallest absolute Gasteiger partial charge is 0.335 e. The molecule has 4 rings (SSSR count). The summed E-state index contributed by atoms with van der Waals surface area (Å²) >= 11 is 6.22. The number of fused-ring (bicyclic) bond motifs is 2. The molecule has 2 aromatic rings. The van der Waals surface area contributed by atoms with E-state index >= 15 is 0 Å². The van der Waals surface area contributed by atoms with Crippen molar-refractivity contribution < 1.29 is 22.8 Å². The van der Waals surface area contributed by atoms with Crippen molar-refractivity contribution in [3.8, 4) is 0 Å². The van der Waals surface area contributed by atoms with E-state index < -0.39 is 41.7 Å². The van der Waals surface area contributed by atoms with Gasteiger partial charge in [-0.2, -0.15) is 9.97 Å². The van der Waals surface area contributed by atoms with E-state index in [-0.39, 0.29) is 39.9 Å². The molecule has 0 spiro atoms. The minimum atomic E-state index is -2.89. The largest absolute Gasteiger partial charge is 0.414 e. The normalized spacial score (nSPS) is 28.7. The lowest BCUT2D eigenvalue weighted by Crippen LogP contribution is -2.65. The lowest BCUT2D eigenvalue weighted by atomic mass is 10.1. The summed E-state index contributed by atoms with van der Waals surface area (Å²) in [7, 11) is -5.60. The first kappa shape index (κ1) is 26.9. The van der Waals surface area contributed by atoms with Crippen LogP contribution in [-0.2, 0) is 17.7 Å².